The molecule has 0 aromatic rings. The summed E-state index contributed by atoms with van der Waals surface area (Å²) < 4.78 is 10.6. The molecule has 3 nitrogen and oxygen atoms in total. The van der Waals surface area contributed by atoms with Gasteiger partial charge in [0.15, 0.2) is 13.5 Å². The summed E-state index contributed by atoms with van der Waals surface area (Å²) in [5.74, 6) is 0. The van der Waals surface area contributed by atoms with Crippen molar-refractivity contribution in [2.75, 3.05) is 41.8 Å². The molecule has 0 bridgehead atoms. The van der Waals surface area contributed by atoms with Gasteiger partial charge in [-0.25, -0.2) is 0 Å². The van der Waals surface area contributed by atoms with Gasteiger partial charge >= 0.3 is 0 Å². The van der Waals surface area contributed by atoms with Crippen molar-refractivity contribution in [2.24, 2.45) is 0 Å². The molecule has 0 fully saturated rings. The van der Waals surface area contributed by atoms with E-state index in [9.17, 15) is 0 Å². The standard InChI is InChI=1S/C6H16NO2/c1-7(2,5-8-3)6-9-4/h5-6H2,1-4H3/q+1. The number of hydrogen-bond donors (Lipinski definition) is 0. The van der Waals surface area contributed by atoms with Crippen LogP contribution in [0.15, 0.2) is 0 Å². The van der Waals surface area contributed by atoms with Crippen molar-refractivity contribution < 1.29 is 14.0 Å². The Balaban J connectivity index is 3.43. The number of methoxy groups -OCH3 is 2. The Morgan fingerprint density at radius 1 is 1.00 bits per heavy atom. The molecular weight excluding hydrogens is 118 g/mol. The van der Waals surface area contributed by atoms with Crippen molar-refractivity contribution in [3.63, 3.8) is 0 Å². The van der Waals surface area contributed by atoms with E-state index in [1.165, 1.54) is 0 Å². The van der Waals surface area contributed by atoms with Gasteiger partial charge in [-0.05, 0) is 0 Å². The zero-order valence-corrected chi connectivity index (χ0v) is 6.68. The molecule has 0 saturated heterocycles. The van der Waals surface area contributed by atoms with Gasteiger partial charge in [-0.1, -0.05) is 0 Å². The van der Waals surface area contributed by atoms with E-state index in [1.807, 2.05) is 14.1 Å². The minimum Gasteiger partial charge on any atom is -0.335 e. The first-order chi connectivity index (χ1) is 4.12. The Bertz CT molecular complexity index is 65.5. The van der Waals surface area contributed by atoms with Crippen LogP contribution in [-0.4, -0.2) is 46.3 Å². The lowest BCUT2D eigenvalue weighted by Crippen LogP contribution is -2.42. The van der Waals surface area contributed by atoms with Crippen LogP contribution in [0.5, 0.6) is 0 Å². The van der Waals surface area contributed by atoms with Crippen LogP contribution in [0, 0.1) is 0 Å². The summed E-state index contributed by atoms with van der Waals surface area (Å²) in [7, 11) is 7.48. The zero-order valence-electron chi connectivity index (χ0n) is 6.68. The van der Waals surface area contributed by atoms with Crippen LogP contribution in [0.4, 0.5) is 0 Å². The average Bonchev–Trinajstić information content (AvgIpc) is 1.64. The van der Waals surface area contributed by atoms with E-state index in [-0.39, 0.29) is 0 Å². The molecule has 0 saturated carbocycles. The lowest BCUT2D eigenvalue weighted by atomic mass is 10.7. The van der Waals surface area contributed by atoms with Crippen molar-refractivity contribution in [3.05, 3.63) is 0 Å². The Morgan fingerprint density at radius 3 is 1.56 bits per heavy atom. The van der Waals surface area contributed by atoms with Crippen molar-refractivity contribution in [3.8, 4) is 0 Å². The van der Waals surface area contributed by atoms with Crippen molar-refractivity contribution in [1.29, 1.82) is 0 Å². The number of nitrogens with zero attached hydrogens (tertiary/aromatic N) is 1. The monoisotopic (exact) mass is 134 g/mol. The second-order valence-corrected chi connectivity index (χ2v) is 2.77. The van der Waals surface area contributed by atoms with Crippen LogP contribution in [0.2, 0.25) is 0 Å². The first-order valence-corrected chi connectivity index (χ1v) is 2.92. The normalized spacial score (nSPS) is 12.0. The lowest BCUT2D eigenvalue weighted by molar-refractivity contribution is -0.926. The van der Waals surface area contributed by atoms with Gasteiger partial charge in [-0.2, -0.15) is 0 Å². The molecule has 0 aliphatic heterocycles. The molecule has 0 aliphatic rings. The largest absolute Gasteiger partial charge is 0.335 e. The molecule has 0 aromatic heterocycles. The predicted octanol–water partition coefficient (Wildman–Crippen LogP) is 0.271. The first-order valence-electron chi connectivity index (χ1n) is 2.92. The average molecular weight is 134 g/mol. The molecule has 0 aliphatic carbocycles. The molecular formula is C6H16NO2+. The number of quaternary nitrogens is 1. The van der Waals surface area contributed by atoms with Crippen LogP contribution in [0.3, 0.4) is 0 Å². The fourth-order valence-electron chi connectivity index (χ4n) is 0.736. The number of rotatable bonds is 4. The van der Waals surface area contributed by atoms with Gasteiger partial charge in [-0.3, -0.25) is 4.48 Å². The lowest BCUT2D eigenvalue weighted by Gasteiger charge is -2.26. The Labute approximate surface area is 56.8 Å². The SMILES string of the molecule is COC[N+](C)(C)COC. The van der Waals surface area contributed by atoms with E-state index < -0.39 is 0 Å². The van der Waals surface area contributed by atoms with E-state index in [4.69, 9.17) is 9.47 Å². The molecule has 0 unspecified atom stereocenters. The smallest absolute Gasteiger partial charge is 0.184 e. The zero-order chi connectivity index (χ0) is 7.33. The summed E-state index contributed by atoms with van der Waals surface area (Å²) in [5, 5.41) is 0. The number of hydrogen-bond acceptors (Lipinski definition) is 2. The topological polar surface area (TPSA) is 18.5 Å². The van der Waals surface area contributed by atoms with E-state index in [1.54, 1.807) is 14.2 Å². The van der Waals surface area contributed by atoms with Crippen molar-refractivity contribution in [1.82, 2.24) is 0 Å². The third-order valence-corrected chi connectivity index (χ3v) is 0.957. The van der Waals surface area contributed by atoms with Gasteiger partial charge in [-0.15, -0.1) is 0 Å². The summed E-state index contributed by atoms with van der Waals surface area (Å²) >= 11 is 0. The summed E-state index contributed by atoms with van der Waals surface area (Å²) in [4.78, 5) is 0. The molecule has 0 heterocycles. The first kappa shape index (κ1) is 8.88. The fraction of sp³-hybridized carbons (Fsp3) is 1.00. The predicted molar refractivity (Wildman–Crippen MR) is 35.9 cm³/mol. The summed E-state index contributed by atoms with van der Waals surface area (Å²) in [5.41, 5.74) is 0. The maximum Gasteiger partial charge on any atom is 0.184 e. The number of ether oxygens (including phenoxy) is 2. The van der Waals surface area contributed by atoms with E-state index in [0.29, 0.717) is 13.5 Å². The summed E-state index contributed by atoms with van der Waals surface area (Å²) in [6.45, 7) is 1.38. The van der Waals surface area contributed by atoms with Crippen molar-refractivity contribution >= 4 is 0 Å². The Hall–Kier alpha value is -0.120. The molecule has 0 rings (SSSR count). The fourth-order valence-corrected chi connectivity index (χ4v) is 0.736. The van der Waals surface area contributed by atoms with Crippen LogP contribution >= 0.6 is 0 Å². The van der Waals surface area contributed by atoms with Crippen molar-refractivity contribution in [2.45, 2.75) is 0 Å². The highest BCUT2D eigenvalue weighted by molar-refractivity contribution is 4.08. The molecule has 0 aromatic carbocycles. The molecule has 0 spiro atoms. The van der Waals surface area contributed by atoms with Gasteiger partial charge in [0.1, 0.15) is 0 Å². The molecule has 3 heteroatoms. The highest BCUT2D eigenvalue weighted by atomic mass is 16.5. The van der Waals surface area contributed by atoms with E-state index >= 15 is 0 Å². The van der Waals surface area contributed by atoms with Gasteiger partial charge < -0.3 is 9.47 Å². The summed E-state index contributed by atoms with van der Waals surface area (Å²) in [6.07, 6.45) is 0. The van der Waals surface area contributed by atoms with Crippen LogP contribution < -0.4 is 0 Å². The molecule has 0 atom stereocenters. The maximum absolute atomic E-state index is 4.95. The third-order valence-electron chi connectivity index (χ3n) is 0.957. The van der Waals surface area contributed by atoms with Gasteiger partial charge in [0, 0.05) is 14.2 Å². The minimum atomic E-state index is 0.688. The third kappa shape index (κ3) is 4.39. The molecule has 0 radical (unpaired) electrons. The highest BCUT2D eigenvalue weighted by Crippen LogP contribution is 1.94. The van der Waals surface area contributed by atoms with Crippen LogP contribution in [0.25, 0.3) is 0 Å². The van der Waals surface area contributed by atoms with Crippen LogP contribution in [0.1, 0.15) is 0 Å². The minimum absolute atomic E-state index is 0.688. The van der Waals surface area contributed by atoms with Gasteiger partial charge in [0.25, 0.3) is 0 Å². The molecule has 9 heavy (non-hydrogen) atoms. The highest BCUT2D eigenvalue weighted by Gasteiger charge is 2.11. The Morgan fingerprint density at radius 2 is 1.33 bits per heavy atom. The molecule has 0 N–H and O–H groups in total. The summed E-state index contributed by atoms with van der Waals surface area (Å²) in [6, 6.07) is 0. The molecule has 0 amide bonds. The quantitative estimate of drug-likeness (QED) is 0.406. The van der Waals surface area contributed by atoms with E-state index in [0.717, 1.165) is 4.48 Å². The van der Waals surface area contributed by atoms with Crippen LogP contribution in [-0.2, 0) is 9.47 Å². The van der Waals surface area contributed by atoms with Gasteiger partial charge in [0.05, 0.1) is 14.1 Å². The maximum atomic E-state index is 4.95. The Kier molecular flexibility index (Phi) is 3.77. The van der Waals surface area contributed by atoms with Gasteiger partial charge in [0.2, 0.25) is 0 Å². The second-order valence-electron chi connectivity index (χ2n) is 2.77. The molecule has 56 valence electrons. The van der Waals surface area contributed by atoms with E-state index in [2.05, 4.69) is 0 Å². The second kappa shape index (κ2) is 3.82.